The highest BCUT2D eigenvalue weighted by Crippen LogP contribution is 2.36. The summed E-state index contributed by atoms with van der Waals surface area (Å²) in [4.78, 5) is 13.1. The molecule has 1 aliphatic carbocycles. The summed E-state index contributed by atoms with van der Waals surface area (Å²) in [5.41, 5.74) is 7.46. The molecule has 4 N–H and O–H groups in total. The molecule has 11 nitrogen and oxygen atoms in total. The number of carbonyl (C=O) groups is 1. The van der Waals surface area contributed by atoms with Crippen LogP contribution in [0.5, 0.6) is 5.75 Å². The van der Waals surface area contributed by atoms with E-state index in [1.807, 2.05) is 44.2 Å². The molecule has 5 rings (SSSR count). The van der Waals surface area contributed by atoms with Gasteiger partial charge in [-0.25, -0.2) is 13.2 Å². The van der Waals surface area contributed by atoms with Gasteiger partial charge in [-0.2, -0.15) is 0 Å². The van der Waals surface area contributed by atoms with E-state index in [2.05, 4.69) is 5.32 Å². The number of amides is 1. The maximum atomic E-state index is 14.3. The number of aliphatic hydroxyl groups excluding tert-OH is 1. The molecule has 2 aromatic rings. The maximum Gasteiger partial charge on any atom is 0.407 e. The lowest BCUT2D eigenvalue weighted by Gasteiger charge is -2.39. The average molecular weight is 619 g/mol. The quantitative estimate of drug-likeness (QED) is 0.302. The van der Waals surface area contributed by atoms with Gasteiger partial charge in [0.2, 0.25) is 9.84 Å². The predicted molar refractivity (Wildman–Crippen MR) is 157 cm³/mol. The Morgan fingerprint density at radius 1 is 1.09 bits per heavy atom. The fraction of sp³-hybridized carbons (Fsp3) is 0.581. The van der Waals surface area contributed by atoms with Crippen molar-refractivity contribution in [3.8, 4) is 5.75 Å². The van der Waals surface area contributed by atoms with Crippen LogP contribution in [0.25, 0.3) is 0 Å². The molecular weight excluding hydrogens is 576 g/mol. The van der Waals surface area contributed by atoms with Gasteiger partial charge < -0.3 is 34.1 Å². The molecule has 6 atom stereocenters. The van der Waals surface area contributed by atoms with Crippen LogP contribution in [0.3, 0.4) is 0 Å². The second-order valence-electron chi connectivity index (χ2n) is 11.7. The first-order chi connectivity index (χ1) is 20.6. The highest BCUT2D eigenvalue weighted by molar-refractivity contribution is 7.92. The number of nitrogens with two attached hydrogens (primary N) is 1. The number of aliphatic hydroxyl groups is 1. The summed E-state index contributed by atoms with van der Waals surface area (Å²) < 4.78 is 57.4. The molecule has 43 heavy (non-hydrogen) atoms. The van der Waals surface area contributed by atoms with Crippen molar-refractivity contribution in [2.75, 3.05) is 13.2 Å². The van der Waals surface area contributed by atoms with Gasteiger partial charge in [-0.3, -0.25) is 5.73 Å². The molecule has 0 spiro atoms. The first kappa shape index (κ1) is 31.7. The van der Waals surface area contributed by atoms with Gasteiger partial charge in [0.25, 0.3) is 5.06 Å². The van der Waals surface area contributed by atoms with Crippen LogP contribution in [0.2, 0.25) is 0 Å². The molecule has 1 amide bonds. The Labute approximate surface area is 252 Å². The van der Waals surface area contributed by atoms with E-state index in [4.69, 9.17) is 29.4 Å². The smallest absolute Gasteiger partial charge is 0.407 e. The van der Waals surface area contributed by atoms with E-state index in [0.717, 1.165) is 18.4 Å². The number of hydrogen-bond donors (Lipinski definition) is 3. The van der Waals surface area contributed by atoms with Crippen LogP contribution in [-0.2, 0) is 35.2 Å². The third-order valence-corrected chi connectivity index (χ3v) is 10.3. The Kier molecular flexibility index (Phi) is 9.94. The summed E-state index contributed by atoms with van der Waals surface area (Å²) in [5, 5.41) is 12.0. The molecule has 2 heterocycles. The lowest BCUT2D eigenvalue weighted by molar-refractivity contribution is -0.110. The first-order valence-electron chi connectivity index (χ1n) is 15.0. The van der Waals surface area contributed by atoms with Crippen LogP contribution in [0, 0.1) is 5.92 Å². The molecule has 0 radical (unpaired) electrons. The Hall–Kier alpha value is -2.74. The van der Waals surface area contributed by atoms with Gasteiger partial charge >= 0.3 is 6.09 Å². The number of sulfone groups is 1. The minimum Gasteiger partial charge on any atom is -0.491 e. The van der Waals surface area contributed by atoms with Crippen molar-refractivity contribution >= 4 is 15.9 Å². The number of ether oxygens (including phenoxy) is 5. The Bertz CT molecular complexity index is 1340. The van der Waals surface area contributed by atoms with E-state index in [9.17, 15) is 18.3 Å². The van der Waals surface area contributed by atoms with Gasteiger partial charge in [0, 0.05) is 0 Å². The second-order valence-corrected chi connectivity index (χ2v) is 13.9. The van der Waals surface area contributed by atoms with Crippen LogP contribution in [0.15, 0.2) is 59.5 Å². The van der Waals surface area contributed by atoms with Crippen molar-refractivity contribution < 1.29 is 42.0 Å². The van der Waals surface area contributed by atoms with Crippen LogP contribution in [-0.4, -0.2) is 74.6 Å². The molecule has 0 bridgehead atoms. The zero-order valence-electron chi connectivity index (χ0n) is 24.6. The van der Waals surface area contributed by atoms with E-state index in [1.165, 1.54) is 12.1 Å². The van der Waals surface area contributed by atoms with E-state index in [-0.39, 0.29) is 29.9 Å². The summed E-state index contributed by atoms with van der Waals surface area (Å²) in [5.74, 6) is 0.243. The zero-order valence-corrected chi connectivity index (χ0v) is 25.4. The fourth-order valence-electron chi connectivity index (χ4n) is 5.99. The van der Waals surface area contributed by atoms with E-state index in [0.29, 0.717) is 31.6 Å². The minimum absolute atomic E-state index is 0.0619. The summed E-state index contributed by atoms with van der Waals surface area (Å²) >= 11 is 0. The van der Waals surface area contributed by atoms with Gasteiger partial charge in [-0.15, -0.1) is 0 Å². The van der Waals surface area contributed by atoms with Crippen LogP contribution in [0.1, 0.15) is 51.5 Å². The normalized spacial score (nSPS) is 25.2. The van der Waals surface area contributed by atoms with Crippen molar-refractivity contribution in [2.24, 2.45) is 11.7 Å². The molecule has 2 saturated heterocycles. The lowest BCUT2D eigenvalue weighted by Crippen LogP contribution is -2.66. The summed E-state index contributed by atoms with van der Waals surface area (Å²) in [7, 11) is -4.56. The van der Waals surface area contributed by atoms with Crippen molar-refractivity contribution in [1.29, 1.82) is 0 Å². The third kappa shape index (κ3) is 7.16. The van der Waals surface area contributed by atoms with E-state index in [1.54, 1.807) is 12.1 Å². The molecule has 3 fully saturated rings. The average Bonchev–Trinajstić information content (AvgIpc) is 3.73. The largest absolute Gasteiger partial charge is 0.491 e. The maximum absolute atomic E-state index is 14.3. The fourth-order valence-corrected chi connectivity index (χ4v) is 7.63. The van der Waals surface area contributed by atoms with Crippen LogP contribution < -0.4 is 15.8 Å². The van der Waals surface area contributed by atoms with Crippen molar-refractivity contribution in [3.05, 3.63) is 60.2 Å². The summed E-state index contributed by atoms with van der Waals surface area (Å²) in [6.07, 6.45) is -0.685. The number of rotatable bonds is 12. The van der Waals surface area contributed by atoms with Crippen LogP contribution in [0.4, 0.5) is 4.79 Å². The molecule has 12 heteroatoms. The van der Waals surface area contributed by atoms with E-state index < -0.39 is 51.6 Å². The minimum atomic E-state index is -4.56. The Morgan fingerprint density at radius 3 is 2.56 bits per heavy atom. The number of nitrogens with one attached hydrogen (secondary N) is 1. The molecule has 0 aromatic heterocycles. The summed E-state index contributed by atoms with van der Waals surface area (Å²) in [6.45, 7) is 4.36. The highest BCUT2D eigenvalue weighted by Gasteiger charge is 2.54. The van der Waals surface area contributed by atoms with E-state index >= 15 is 0 Å². The number of alkyl carbamates (subject to hydrolysis) is 1. The Balaban J connectivity index is 1.46. The highest BCUT2D eigenvalue weighted by atomic mass is 32.2. The van der Waals surface area contributed by atoms with Gasteiger partial charge in [0.05, 0.1) is 42.3 Å². The third-order valence-electron chi connectivity index (χ3n) is 8.20. The predicted octanol–water partition coefficient (Wildman–Crippen LogP) is 3.28. The van der Waals surface area contributed by atoms with Crippen molar-refractivity contribution in [2.45, 2.75) is 99.1 Å². The standard InChI is InChI=1S/C31H42N2O9S/c1-20(2)40-23-13-8-14-24(18-23)43(36,37)31(32,42-22-11-6-7-12-22)28(34)26(17-21-9-4-3-5-10-21)33-30(35)41-27-19-39-29-25(27)15-16-38-29/h3-5,8-10,13-14,18,20,22,25-29,34H,6-7,11-12,15-17,19,32H2,1-2H3,(H,33,35)/t25-,26-,27-,28+,29+,31?/m0/s1. The van der Waals surface area contributed by atoms with Gasteiger partial charge in [-0.05, 0) is 63.3 Å². The van der Waals surface area contributed by atoms with Gasteiger partial charge in [0.1, 0.15) is 18.0 Å². The molecule has 2 aliphatic heterocycles. The lowest BCUT2D eigenvalue weighted by atomic mass is 10.00. The SMILES string of the molecule is CC(C)Oc1cccc(S(=O)(=O)C(N)(OC2CCCC2)[C@H](O)[C@H](Cc2ccccc2)NC(=O)O[C@H]2CO[C@H]3OCC[C@H]32)c1. The molecule has 1 saturated carbocycles. The van der Waals surface area contributed by atoms with Gasteiger partial charge in [-0.1, -0.05) is 49.2 Å². The van der Waals surface area contributed by atoms with Crippen molar-refractivity contribution in [3.63, 3.8) is 0 Å². The molecular formula is C31H42N2O9S. The Morgan fingerprint density at radius 2 is 1.84 bits per heavy atom. The van der Waals surface area contributed by atoms with Gasteiger partial charge in [0.15, 0.2) is 6.29 Å². The molecule has 3 aliphatic rings. The second kappa shape index (κ2) is 13.5. The monoisotopic (exact) mass is 618 g/mol. The molecule has 236 valence electrons. The number of carbonyl (C=O) groups excluding carboxylic acids is 1. The molecule has 2 aromatic carbocycles. The molecule has 1 unspecified atom stereocenters. The first-order valence-corrected chi connectivity index (χ1v) is 16.5. The number of benzene rings is 2. The van der Waals surface area contributed by atoms with Crippen molar-refractivity contribution in [1.82, 2.24) is 5.32 Å². The van der Waals surface area contributed by atoms with Crippen LogP contribution >= 0.6 is 0 Å². The number of hydrogen-bond acceptors (Lipinski definition) is 10. The topological polar surface area (TPSA) is 156 Å². The number of fused-ring (bicyclic) bond motifs is 1. The zero-order chi connectivity index (χ0) is 30.6. The summed E-state index contributed by atoms with van der Waals surface area (Å²) in [6, 6.07) is 13.9.